The van der Waals surface area contributed by atoms with Crippen molar-refractivity contribution in [1.82, 2.24) is 25.0 Å². The van der Waals surface area contributed by atoms with E-state index in [1.54, 1.807) is 16.2 Å². The summed E-state index contributed by atoms with van der Waals surface area (Å²) in [7, 11) is 0. The van der Waals surface area contributed by atoms with Gasteiger partial charge < -0.3 is 4.90 Å². The van der Waals surface area contributed by atoms with E-state index in [-0.39, 0.29) is 17.2 Å². The fraction of sp³-hybridized carbons (Fsp3) is 0.294. The molecule has 7 nitrogen and oxygen atoms in total. The van der Waals surface area contributed by atoms with Gasteiger partial charge in [-0.3, -0.25) is 14.5 Å². The summed E-state index contributed by atoms with van der Waals surface area (Å²) in [6, 6.07) is 10.9. The van der Waals surface area contributed by atoms with Gasteiger partial charge in [-0.1, -0.05) is 12.1 Å². The zero-order valence-electron chi connectivity index (χ0n) is 13.5. The Morgan fingerprint density at radius 3 is 2.64 bits per heavy atom. The average molecular weight is 355 g/mol. The number of nitrogens with one attached hydrogen (secondary N) is 1. The lowest BCUT2D eigenvalue weighted by Crippen LogP contribution is -2.48. The van der Waals surface area contributed by atoms with E-state index in [2.05, 4.69) is 26.1 Å². The van der Waals surface area contributed by atoms with Gasteiger partial charge in [-0.15, -0.1) is 11.3 Å². The predicted molar refractivity (Wildman–Crippen MR) is 95.7 cm³/mol. The van der Waals surface area contributed by atoms with Crippen LogP contribution in [0.3, 0.4) is 0 Å². The molecule has 0 radical (unpaired) electrons. The second kappa shape index (κ2) is 6.73. The number of aromatic nitrogens is 3. The summed E-state index contributed by atoms with van der Waals surface area (Å²) < 4.78 is 1.20. The van der Waals surface area contributed by atoms with Crippen LogP contribution in [0.15, 0.2) is 41.2 Å². The number of hydrogen-bond acceptors (Lipinski definition) is 6. The number of para-hydroxylation sites is 1. The fourth-order valence-corrected chi connectivity index (χ4v) is 3.92. The van der Waals surface area contributed by atoms with Crippen LogP contribution < -0.4 is 5.56 Å². The number of benzene rings is 1. The van der Waals surface area contributed by atoms with Crippen LogP contribution >= 0.6 is 11.3 Å². The van der Waals surface area contributed by atoms with E-state index in [4.69, 9.17) is 0 Å². The van der Waals surface area contributed by atoms with Crippen LogP contribution in [0.4, 0.5) is 0 Å². The first-order valence-electron chi connectivity index (χ1n) is 8.11. The van der Waals surface area contributed by atoms with Crippen molar-refractivity contribution in [3.8, 4) is 0 Å². The van der Waals surface area contributed by atoms with Gasteiger partial charge in [0.15, 0.2) is 0 Å². The molecule has 25 heavy (non-hydrogen) atoms. The van der Waals surface area contributed by atoms with Crippen molar-refractivity contribution in [2.75, 3.05) is 26.2 Å². The maximum absolute atomic E-state index is 12.4. The Morgan fingerprint density at radius 1 is 1.12 bits per heavy atom. The third kappa shape index (κ3) is 3.45. The van der Waals surface area contributed by atoms with E-state index in [1.807, 2.05) is 18.2 Å². The summed E-state index contributed by atoms with van der Waals surface area (Å²) in [5.41, 5.74) is 1.01. The number of carbonyl (C=O) groups excluding carboxylic acids is 1. The lowest BCUT2D eigenvalue weighted by Gasteiger charge is -2.34. The Labute approximate surface area is 147 Å². The normalized spacial score (nSPS) is 15.6. The Morgan fingerprint density at radius 2 is 1.92 bits per heavy atom. The second-order valence-electron chi connectivity index (χ2n) is 5.95. The highest BCUT2D eigenvalue weighted by Crippen LogP contribution is 2.23. The molecule has 1 aromatic carbocycles. The minimum Gasteiger partial charge on any atom is -0.335 e. The zero-order valence-corrected chi connectivity index (χ0v) is 14.3. The summed E-state index contributed by atoms with van der Waals surface area (Å²) in [5.74, 6) is -0.143. The molecule has 2 aromatic heterocycles. The zero-order chi connectivity index (χ0) is 17.2. The molecule has 3 aromatic rings. The molecule has 1 aliphatic rings. The van der Waals surface area contributed by atoms with Crippen LogP contribution in [0.1, 0.15) is 15.5 Å². The predicted octanol–water partition coefficient (Wildman–Crippen LogP) is 1.34. The molecule has 0 unspecified atom stereocenters. The Kier molecular flexibility index (Phi) is 4.29. The molecule has 0 saturated carbocycles. The number of amides is 1. The number of aromatic amines is 1. The number of hydrogen-bond donors (Lipinski definition) is 1. The number of nitrogens with zero attached hydrogens (tertiary/aromatic N) is 4. The van der Waals surface area contributed by atoms with Crippen molar-refractivity contribution in [1.29, 1.82) is 0 Å². The molecule has 8 heteroatoms. The summed E-state index contributed by atoms with van der Waals surface area (Å²) in [6.07, 6.45) is 0. The summed E-state index contributed by atoms with van der Waals surface area (Å²) in [5, 5.41) is 7.22. The SMILES string of the molecule is O=C(c1ccc(=O)[nH]n1)N1CCN(Cc2nc3ccccc3s2)CC1. The fourth-order valence-electron chi connectivity index (χ4n) is 2.91. The number of piperazine rings is 1. The maximum atomic E-state index is 12.4. The lowest BCUT2D eigenvalue weighted by atomic mass is 10.2. The minimum absolute atomic E-state index is 0.143. The molecule has 1 fully saturated rings. The molecule has 1 saturated heterocycles. The van der Waals surface area contributed by atoms with E-state index >= 15 is 0 Å². The van der Waals surface area contributed by atoms with Crippen molar-refractivity contribution in [2.45, 2.75) is 6.54 Å². The first-order valence-corrected chi connectivity index (χ1v) is 8.92. The maximum Gasteiger partial charge on any atom is 0.274 e. The topological polar surface area (TPSA) is 82.2 Å². The van der Waals surface area contributed by atoms with Crippen molar-refractivity contribution >= 4 is 27.5 Å². The monoisotopic (exact) mass is 355 g/mol. The standard InChI is InChI=1S/C17H17N5O2S/c23-15-6-5-13(19-20-15)17(24)22-9-7-21(8-10-22)11-16-18-12-3-1-2-4-14(12)25-16/h1-6H,7-11H2,(H,20,23). The molecule has 1 aliphatic heterocycles. The number of thiazole rings is 1. The molecule has 0 atom stereocenters. The van der Waals surface area contributed by atoms with Gasteiger partial charge in [0.2, 0.25) is 0 Å². The third-order valence-electron chi connectivity index (χ3n) is 4.25. The van der Waals surface area contributed by atoms with Gasteiger partial charge in [0, 0.05) is 32.2 Å². The Hall–Kier alpha value is -2.58. The van der Waals surface area contributed by atoms with E-state index in [1.165, 1.54) is 16.8 Å². The Balaban J connectivity index is 1.37. The molecule has 1 N–H and O–H groups in total. The van der Waals surface area contributed by atoms with Crippen LogP contribution in [0.5, 0.6) is 0 Å². The summed E-state index contributed by atoms with van der Waals surface area (Å²) >= 11 is 1.72. The molecule has 4 rings (SSSR count). The third-order valence-corrected chi connectivity index (χ3v) is 5.28. The summed E-state index contributed by atoms with van der Waals surface area (Å²) in [6.45, 7) is 3.68. The first kappa shape index (κ1) is 15.9. The van der Waals surface area contributed by atoms with Gasteiger partial charge in [0.05, 0.1) is 16.8 Å². The minimum atomic E-state index is -0.308. The summed E-state index contributed by atoms with van der Waals surface area (Å²) in [4.78, 5) is 32.2. The second-order valence-corrected chi connectivity index (χ2v) is 7.07. The number of carbonyl (C=O) groups is 1. The average Bonchev–Trinajstić information content (AvgIpc) is 3.05. The van der Waals surface area contributed by atoms with Crippen LogP contribution in [0, 0.1) is 0 Å². The van der Waals surface area contributed by atoms with Crippen LogP contribution in [-0.4, -0.2) is 57.1 Å². The molecule has 0 aliphatic carbocycles. The van der Waals surface area contributed by atoms with E-state index < -0.39 is 0 Å². The van der Waals surface area contributed by atoms with Gasteiger partial charge in [-0.2, -0.15) is 5.10 Å². The van der Waals surface area contributed by atoms with Crippen LogP contribution in [0.2, 0.25) is 0 Å². The molecular formula is C17H17N5O2S. The van der Waals surface area contributed by atoms with E-state index in [0.717, 1.165) is 30.2 Å². The van der Waals surface area contributed by atoms with Gasteiger partial charge in [-0.05, 0) is 18.2 Å². The largest absolute Gasteiger partial charge is 0.335 e. The molecule has 0 spiro atoms. The molecule has 3 heterocycles. The Bertz CT molecular complexity index is 905. The van der Waals surface area contributed by atoms with Gasteiger partial charge in [0.1, 0.15) is 10.7 Å². The van der Waals surface area contributed by atoms with Crippen molar-refractivity contribution in [2.24, 2.45) is 0 Å². The van der Waals surface area contributed by atoms with Gasteiger partial charge in [-0.25, -0.2) is 10.1 Å². The molecular weight excluding hydrogens is 338 g/mol. The number of fused-ring (bicyclic) bond motifs is 1. The van der Waals surface area contributed by atoms with Crippen molar-refractivity contribution in [3.63, 3.8) is 0 Å². The number of H-pyrrole nitrogens is 1. The first-order chi connectivity index (χ1) is 12.2. The molecule has 1 amide bonds. The quantitative estimate of drug-likeness (QED) is 0.767. The van der Waals surface area contributed by atoms with Crippen molar-refractivity contribution < 1.29 is 4.79 Å². The highest BCUT2D eigenvalue weighted by molar-refractivity contribution is 7.18. The van der Waals surface area contributed by atoms with Crippen LogP contribution in [-0.2, 0) is 6.54 Å². The van der Waals surface area contributed by atoms with E-state index in [0.29, 0.717) is 13.1 Å². The smallest absolute Gasteiger partial charge is 0.274 e. The van der Waals surface area contributed by atoms with Gasteiger partial charge >= 0.3 is 0 Å². The highest BCUT2D eigenvalue weighted by Gasteiger charge is 2.23. The number of rotatable bonds is 3. The molecule has 128 valence electrons. The van der Waals surface area contributed by atoms with E-state index in [9.17, 15) is 9.59 Å². The lowest BCUT2D eigenvalue weighted by molar-refractivity contribution is 0.0621. The highest BCUT2D eigenvalue weighted by atomic mass is 32.1. The van der Waals surface area contributed by atoms with Crippen molar-refractivity contribution in [3.05, 3.63) is 57.5 Å². The molecule has 0 bridgehead atoms. The van der Waals surface area contributed by atoms with Gasteiger partial charge in [0.25, 0.3) is 11.5 Å². The van der Waals surface area contributed by atoms with Crippen LogP contribution in [0.25, 0.3) is 10.2 Å².